The Morgan fingerprint density at radius 1 is 1.43 bits per heavy atom. The molecule has 2 rings (SSSR count). The molecule has 21 heavy (non-hydrogen) atoms. The molecule has 1 aromatic carbocycles. The van der Waals surface area contributed by atoms with Gasteiger partial charge in [-0.1, -0.05) is 25.4 Å². The van der Waals surface area contributed by atoms with Crippen molar-refractivity contribution in [3.8, 4) is 0 Å². The lowest BCUT2D eigenvalue weighted by Gasteiger charge is -2.27. The zero-order chi connectivity index (χ0) is 15.6. The van der Waals surface area contributed by atoms with Crippen molar-refractivity contribution in [3.05, 3.63) is 28.8 Å². The maximum absolute atomic E-state index is 12.9. The van der Waals surface area contributed by atoms with Gasteiger partial charge in [0.05, 0.1) is 4.90 Å². The molecular formula is C15H23ClN2O2S. The molecule has 0 saturated carbocycles. The van der Waals surface area contributed by atoms with Crippen LogP contribution in [0.2, 0.25) is 5.02 Å². The predicted molar refractivity (Wildman–Crippen MR) is 86.0 cm³/mol. The fourth-order valence-corrected chi connectivity index (χ4v) is 4.96. The third-order valence-corrected chi connectivity index (χ3v) is 6.30. The van der Waals surface area contributed by atoms with Gasteiger partial charge in [0, 0.05) is 24.2 Å². The summed E-state index contributed by atoms with van der Waals surface area (Å²) < 4.78 is 27.4. The Bertz CT molecular complexity index is 602. The molecule has 0 bridgehead atoms. The summed E-state index contributed by atoms with van der Waals surface area (Å²) in [5.41, 5.74) is 0.806. The van der Waals surface area contributed by atoms with Gasteiger partial charge in [-0.15, -0.1) is 0 Å². The molecule has 1 aliphatic rings. The van der Waals surface area contributed by atoms with Crippen LogP contribution in [0.4, 0.5) is 0 Å². The molecule has 1 unspecified atom stereocenters. The van der Waals surface area contributed by atoms with Gasteiger partial charge >= 0.3 is 0 Å². The first-order chi connectivity index (χ1) is 9.87. The second-order valence-corrected chi connectivity index (χ2v) is 8.15. The molecule has 1 fully saturated rings. The Morgan fingerprint density at radius 3 is 2.76 bits per heavy atom. The van der Waals surface area contributed by atoms with Crippen molar-refractivity contribution < 1.29 is 8.42 Å². The zero-order valence-electron chi connectivity index (χ0n) is 12.8. The van der Waals surface area contributed by atoms with Crippen molar-refractivity contribution in [2.24, 2.45) is 5.92 Å². The average molecular weight is 331 g/mol. The molecule has 0 aromatic heterocycles. The van der Waals surface area contributed by atoms with Gasteiger partial charge in [-0.25, -0.2) is 8.42 Å². The van der Waals surface area contributed by atoms with Gasteiger partial charge in [-0.3, -0.25) is 0 Å². The molecule has 1 aliphatic heterocycles. The van der Waals surface area contributed by atoms with Crippen molar-refractivity contribution in [3.63, 3.8) is 0 Å². The van der Waals surface area contributed by atoms with E-state index in [1.807, 2.05) is 7.05 Å². The molecule has 0 radical (unpaired) electrons. The molecule has 0 amide bonds. The van der Waals surface area contributed by atoms with Crippen LogP contribution in [0.5, 0.6) is 0 Å². The largest absolute Gasteiger partial charge is 0.316 e. The van der Waals surface area contributed by atoms with Gasteiger partial charge in [0.2, 0.25) is 10.0 Å². The number of rotatable bonds is 5. The third-order valence-electron chi connectivity index (χ3n) is 4.01. The molecule has 6 heteroatoms. The van der Waals surface area contributed by atoms with Crippen LogP contribution in [0.1, 0.15) is 32.3 Å². The van der Waals surface area contributed by atoms with E-state index in [1.54, 1.807) is 22.5 Å². The minimum absolute atomic E-state index is 0.0958. The van der Waals surface area contributed by atoms with Crippen LogP contribution in [0.25, 0.3) is 0 Å². The summed E-state index contributed by atoms with van der Waals surface area (Å²) in [5.74, 6) is 0.325. The highest BCUT2D eigenvalue weighted by Gasteiger charge is 2.36. The van der Waals surface area contributed by atoms with Gasteiger partial charge in [-0.2, -0.15) is 4.31 Å². The first-order valence-corrected chi connectivity index (χ1v) is 9.14. The molecule has 4 nitrogen and oxygen atoms in total. The topological polar surface area (TPSA) is 49.4 Å². The van der Waals surface area contributed by atoms with Crippen molar-refractivity contribution in [1.29, 1.82) is 0 Å². The van der Waals surface area contributed by atoms with E-state index in [-0.39, 0.29) is 6.04 Å². The van der Waals surface area contributed by atoms with E-state index in [0.29, 0.717) is 28.9 Å². The van der Waals surface area contributed by atoms with E-state index in [9.17, 15) is 8.42 Å². The van der Waals surface area contributed by atoms with E-state index >= 15 is 0 Å². The lowest BCUT2D eigenvalue weighted by atomic mass is 10.0. The fraction of sp³-hybridized carbons (Fsp3) is 0.600. The summed E-state index contributed by atoms with van der Waals surface area (Å²) in [6.07, 6.45) is 1.87. The molecule has 1 atom stereocenters. The number of nitrogens with zero attached hydrogens (tertiary/aromatic N) is 1. The summed E-state index contributed by atoms with van der Waals surface area (Å²) >= 11 is 6.12. The van der Waals surface area contributed by atoms with Crippen LogP contribution in [0.15, 0.2) is 23.1 Å². The fourth-order valence-electron chi connectivity index (χ4n) is 2.90. The highest BCUT2D eigenvalue weighted by molar-refractivity contribution is 7.89. The lowest BCUT2D eigenvalue weighted by molar-refractivity contribution is 0.315. The van der Waals surface area contributed by atoms with Crippen molar-refractivity contribution in [2.75, 3.05) is 13.6 Å². The van der Waals surface area contributed by atoms with Gasteiger partial charge < -0.3 is 5.32 Å². The normalized spacial score (nSPS) is 20.3. The smallest absolute Gasteiger partial charge is 0.243 e. The van der Waals surface area contributed by atoms with Crippen molar-refractivity contribution in [1.82, 2.24) is 9.62 Å². The quantitative estimate of drug-likeness (QED) is 0.903. The Morgan fingerprint density at radius 2 is 2.14 bits per heavy atom. The Hall–Kier alpha value is -0.620. The third kappa shape index (κ3) is 3.42. The molecule has 1 heterocycles. The first kappa shape index (κ1) is 16.7. The summed E-state index contributed by atoms with van der Waals surface area (Å²) in [6, 6.07) is 5.05. The summed E-state index contributed by atoms with van der Waals surface area (Å²) in [4.78, 5) is 0.338. The minimum atomic E-state index is -3.44. The standard InChI is InChI=1S/C15H23ClN2O2S/c1-11(2)15-5-4-8-18(15)21(19,20)13-6-7-14(16)12(9-13)10-17-3/h6-7,9,11,15,17H,4-5,8,10H2,1-3H3. The van der Waals surface area contributed by atoms with Crippen LogP contribution in [-0.2, 0) is 16.6 Å². The van der Waals surface area contributed by atoms with E-state index < -0.39 is 10.0 Å². The highest BCUT2D eigenvalue weighted by atomic mass is 35.5. The van der Waals surface area contributed by atoms with E-state index in [2.05, 4.69) is 19.2 Å². The van der Waals surface area contributed by atoms with Crippen LogP contribution in [0.3, 0.4) is 0 Å². The van der Waals surface area contributed by atoms with Gasteiger partial charge in [0.25, 0.3) is 0 Å². The Kier molecular flexibility index (Phi) is 5.30. The summed E-state index contributed by atoms with van der Waals surface area (Å²) in [7, 11) is -1.63. The van der Waals surface area contributed by atoms with E-state index in [4.69, 9.17) is 11.6 Å². The number of hydrogen-bond donors (Lipinski definition) is 1. The number of hydrogen-bond acceptors (Lipinski definition) is 3. The van der Waals surface area contributed by atoms with Crippen LogP contribution >= 0.6 is 11.6 Å². The average Bonchev–Trinajstić information content (AvgIpc) is 2.91. The maximum atomic E-state index is 12.9. The number of halogens is 1. The SMILES string of the molecule is CNCc1cc(S(=O)(=O)N2CCCC2C(C)C)ccc1Cl. The summed E-state index contributed by atoms with van der Waals surface area (Å²) in [5, 5.41) is 3.60. The lowest BCUT2D eigenvalue weighted by Crippen LogP contribution is -2.38. The first-order valence-electron chi connectivity index (χ1n) is 7.32. The molecule has 0 spiro atoms. The van der Waals surface area contributed by atoms with Crippen LogP contribution in [0, 0.1) is 5.92 Å². The Balaban J connectivity index is 2.37. The number of nitrogens with one attached hydrogen (secondary N) is 1. The predicted octanol–water partition coefficient (Wildman–Crippen LogP) is 2.87. The number of sulfonamides is 1. The molecule has 1 N–H and O–H groups in total. The minimum Gasteiger partial charge on any atom is -0.316 e. The summed E-state index contributed by atoms with van der Waals surface area (Å²) in [6.45, 7) is 5.31. The second kappa shape index (κ2) is 6.65. The molecule has 0 aliphatic carbocycles. The maximum Gasteiger partial charge on any atom is 0.243 e. The zero-order valence-corrected chi connectivity index (χ0v) is 14.3. The highest BCUT2D eigenvalue weighted by Crippen LogP contribution is 2.31. The number of benzene rings is 1. The van der Waals surface area contributed by atoms with Crippen LogP contribution in [-0.4, -0.2) is 32.4 Å². The second-order valence-electron chi connectivity index (χ2n) is 5.85. The monoisotopic (exact) mass is 330 g/mol. The molecule has 1 saturated heterocycles. The van der Waals surface area contributed by atoms with Gasteiger partial charge in [0.1, 0.15) is 0 Å². The molecule has 1 aromatic rings. The Labute approximate surface area is 132 Å². The van der Waals surface area contributed by atoms with E-state index in [0.717, 1.165) is 18.4 Å². The van der Waals surface area contributed by atoms with E-state index in [1.165, 1.54) is 0 Å². The van der Waals surface area contributed by atoms with Crippen LogP contribution < -0.4 is 5.32 Å². The van der Waals surface area contributed by atoms with Crippen molar-refractivity contribution in [2.45, 2.75) is 44.2 Å². The van der Waals surface area contributed by atoms with Gasteiger partial charge in [0.15, 0.2) is 0 Å². The van der Waals surface area contributed by atoms with Crippen molar-refractivity contribution >= 4 is 21.6 Å². The van der Waals surface area contributed by atoms with Gasteiger partial charge in [-0.05, 0) is 49.6 Å². The molecule has 118 valence electrons. The molecular weight excluding hydrogens is 308 g/mol.